The average Bonchev–Trinajstić information content (AvgIpc) is 2.59. The van der Waals surface area contributed by atoms with E-state index in [2.05, 4.69) is 10.5 Å². The van der Waals surface area contributed by atoms with Gasteiger partial charge in [0.1, 0.15) is 0 Å². The number of amides is 1. The van der Waals surface area contributed by atoms with Gasteiger partial charge in [-0.25, -0.2) is 5.43 Å². The van der Waals surface area contributed by atoms with E-state index < -0.39 is 4.92 Å². The van der Waals surface area contributed by atoms with Crippen LogP contribution in [0.15, 0.2) is 53.6 Å². The summed E-state index contributed by atoms with van der Waals surface area (Å²) in [5.41, 5.74) is 4.97. The Labute approximate surface area is 139 Å². The van der Waals surface area contributed by atoms with E-state index in [-0.39, 0.29) is 11.6 Å². The van der Waals surface area contributed by atoms with Crippen LogP contribution in [0.25, 0.3) is 0 Å². The minimum absolute atomic E-state index is 0.0207. The van der Waals surface area contributed by atoms with Gasteiger partial charge >= 0.3 is 0 Å². The predicted octanol–water partition coefficient (Wildman–Crippen LogP) is 2.81. The number of nitro benzene ring substituents is 1. The number of hydrogen-bond acceptors (Lipinski definition) is 5. The Morgan fingerprint density at radius 1 is 1.12 bits per heavy atom. The summed E-state index contributed by atoms with van der Waals surface area (Å²) in [6, 6.07) is 13.2. The molecule has 1 N–H and O–H groups in total. The van der Waals surface area contributed by atoms with Gasteiger partial charge in [0.05, 0.1) is 10.6 Å². The van der Waals surface area contributed by atoms with E-state index in [1.165, 1.54) is 12.1 Å². The zero-order valence-electron chi connectivity index (χ0n) is 13.7. The number of carbonyl (C=O) groups excluding carboxylic acids is 1. The molecule has 2 aromatic carbocycles. The summed E-state index contributed by atoms with van der Waals surface area (Å²) in [4.78, 5) is 24.4. The van der Waals surface area contributed by atoms with Crippen molar-refractivity contribution in [2.24, 2.45) is 5.10 Å². The molecule has 0 unspecified atom stereocenters. The van der Waals surface area contributed by atoms with Crippen molar-refractivity contribution in [2.45, 2.75) is 6.92 Å². The maximum Gasteiger partial charge on any atom is 0.271 e. The molecule has 7 heteroatoms. The molecular weight excluding hydrogens is 308 g/mol. The van der Waals surface area contributed by atoms with E-state index in [0.29, 0.717) is 16.8 Å². The molecule has 0 atom stereocenters. The smallest absolute Gasteiger partial charge is 0.271 e. The number of nitrogens with one attached hydrogen (secondary N) is 1. The maximum absolute atomic E-state index is 12.1. The third-order valence-corrected chi connectivity index (χ3v) is 3.45. The van der Waals surface area contributed by atoms with Crippen LogP contribution in [0, 0.1) is 10.1 Å². The van der Waals surface area contributed by atoms with Gasteiger partial charge < -0.3 is 4.90 Å². The Morgan fingerprint density at radius 2 is 1.79 bits per heavy atom. The molecule has 7 nitrogen and oxygen atoms in total. The Kier molecular flexibility index (Phi) is 5.26. The van der Waals surface area contributed by atoms with Crippen LogP contribution in [0.4, 0.5) is 11.4 Å². The van der Waals surface area contributed by atoms with Crippen LogP contribution < -0.4 is 10.3 Å². The molecule has 0 aliphatic heterocycles. The molecule has 0 spiro atoms. The molecule has 0 bridgehead atoms. The first kappa shape index (κ1) is 17.1. The molecule has 1 amide bonds. The van der Waals surface area contributed by atoms with Crippen LogP contribution in [0.3, 0.4) is 0 Å². The third kappa shape index (κ3) is 4.16. The van der Waals surface area contributed by atoms with E-state index in [9.17, 15) is 14.9 Å². The third-order valence-electron chi connectivity index (χ3n) is 3.45. The molecule has 24 heavy (non-hydrogen) atoms. The van der Waals surface area contributed by atoms with Gasteiger partial charge in [0.15, 0.2) is 0 Å². The standard InChI is InChI=1S/C17H18N4O3/c1-12(14-5-4-6-16(11-14)21(23)24)18-19-17(22)13-7-9-15(10-8-13)20(2)3/h4-11H,1-3H3,(H,19,22)/b18-12-. The molecule has 0 fully saturated rings. The summed E-state index contributed by atoms with van der Waals surface area (Å²) >= 11 is 0. The Hall–Kier alpha value is -3.22. The summed E-state index contributed by atoms with van der Waals surface area (Å²) in [6.07, 6.45) is 0. The second-order valence-corrected chi connectivity index (χ2v) is 5.39. The highest BCUT2D eigenvalue weighted by atomic mass is 16.6. The molecule has 124 valence electrons. The summed E-state index contributed by atoms with van der Waals surface area (Å²) in [5, 5.41) is 14.8. The van der Waals surface area contributed by atoms with Gasteiger partial charge in [0, 0.05) is 43.0 Å². The highest BCUT2D eigenvalue weighted by Gasteiger charge is 2.09. The molecular formula is C17H18N4O3. The van der Waals surface area contributed by atoms with Gasteiger partial charge in [0.2, 0.25) is 0 Å². The fraction of sp³-hybridized carbons (Fsp3) is 0.176. The monoisotopic (exact) mass is 326 g/mol. The van der Waals surface area contributed by atoms with Crippen LogP contribution in [0.1, 0.15) is 22.8 Å². The highest BCUT2D eigenvalue weighted by molar-refractivity contribution is 6.01. The highest BCUT2D eigenvalue weighted by Crippen LogP contribution is 2.14. The van der Waals surface area contributed by atoms with Crippen molar-refractivity contribution in [1.29, 1.82) is 0 Å². The van der Waals surface area contributed by atoms with E-state index in [1.807, 2.05) is 31.1 Å². The lowest BCUT2D eigenvalue weighted by molar-refractivity contribution is -0.384. The number of non-ortho nitro benzene ring substituents is 1. The minimum atomic E-state index is -0.471. The Balaban J connectivity index is 2.10. The van der Waals surface area contributed by atoms with Crippen molar-refractivity contribution >= 4 is 23.0 Å². The molecule has 0 heterocycles. The summed E-state index contributed by atoms with van der Waals surface area (Å²) in [6.45, 7) is 1.68. The Bertz CT molecular complexity index is 783. The summed E-state index contributed by atoms with van der Waals surface area (Å²) < 4.78 is 0. The number of carbonyl (C=O) groups is 1. The van der Waals surface area contributed by atoms with E-state index in [0.717, 1.165) is 5.69 Å². The number of anilines is 1. The van der Waals surface area contributed by atoms with E-state index in [1.54, 1.807) is 31.2 Å². The first-order valence-corrected chi connectivity index (χ1v) is 7.25. The van der Waals surface area contributed by atoms with Crippen molar-refractivity contribution in [3.8, 4) is 0 Å². The fourth-order valence-corrected chi connectivity index (χ4v) is 2.02. The summed E-state index contributed by atoms with van der Waals surface area (Å²) in [5.74, 6) is -0.343. The molecule has 0 saturated heterocycles. The van der Waals surface area contributed by atoms with Crippen LogP contribution in [-0.4, -0.2) is 30.6 Å². The lowest BCUT2D eigenvalue weighted by atomic mass is 10.1. The molecule has 0 saturated carbocycles. The van der Waals surface area contributed by atoms with Crippen molar-refractivity contribution in [2.75, 3.05) is 19.0 Å². The quantitative estimate of drug-likeness (QED) is 0.520. The number of rotatable bonds is 5. The van der Waals surface area contributed by atoms with E-state index >= 15 is 0 Å². The van der Waals surface area contributed by atoms with Gasteiger partial charge in [-0.1, -0.05) is 12.1 Å². The van der Waals surface area contributed by atoms with Crippen molar-refractivity contribution in [1.82, 2.24) is 5.43 Å². The fourth-order valence-electron chi connectivity index (χ4n) is 2.02. The number of hydrazone groups is 1. The first-order valence-electron chi connectivity index (χ1n) is 7.25. The van der Waals surface area contributed by atoms with Gasteiger partial charge in [-0.05, 0) is 31.2 Å². The number of nitro groups is 1. The van der Waals surface area contributed by atoms with Crippen molar-refractivity contribution < 1.29 is 9.72 Å². The zero-order valence-corrected chi connectivity index (χ0v) is 13.7. The largest absolute Gasteiger partial charge is 0.378 e. The molecule has 2 rings (SSSR count). The van der Waals surface area contributed by atoms with Gasteiger partial charge in [-0.3, -0.25) is 14.9 Å². The van der Waals surface area contributed by atoms with E-state index in [4.69, 9.17) is 0 Å². The maximum atomic E-state index is 12.1. The second-order valence-electron chi connectivity index (χ2n) is 5.39. The second kappa shape index (κ2) is 7.36. The first-order chi connectivity index (χ1) is 11.4. The number of nitrogens with zero attached hydrogens (tertiary/aromatic N) is 3. The van der Waals surface area contributed by atoms with Gasteiger partial charge in [-0.15, -0.1) is 0 Å². The lowest BCUT2D eigenvalue weighted by Gasteiger charge is -2.12. The SMILES string of the molecule is C/C(=N/NC(=O)c1ccc(N(C)C)cc1)c1cccc([N+](=O)[O-])c1. The number of hydrogen-bond donors (Lipinski definition) is 1. The van der Waals surface area contributed by atoms with Crippen LogP contribution >= 0.6 is 0 Å². The average molecular weight is 326 g/mol. The lowest BCUT2D eigenvalue weighted by Crippen LogP contribution is -2.19. The van der Waals surface area contributed by atoms with Crippen molar-refractivity contribution in [3.05, 3.63) is 69.8 Å². The Morgan fingerprint density at radius 3 is 2.38 bits per heavy atom. The van der Waals surface area contributed by atoms with Crippen LogP contribution in [-0.2, 0) is 0 Å². The van der Waals surface area contributed by atoms with Crippen LogP contribution in [0.2, 0.25) is 0 Å². The molecule has 2 aromatic rings. The predicted molar refractivity (Wildman–Crippen MR) is 93.5 cm³/mol. The molecule has 0 aliphatic rings. The van der Waals surface area contributed by atoms with Gasteiger partial charge in [0.25, 0.3) is 11.6 Å². The topological polar surface area (TPSA) is 87.8 Å². The minimum Gasteiger partial charge on any atom is -0.378 e. The normalized spacial score (nSPS) is 11.0. The molecule has 0 radical (unpaired) electrons. The number of benzene rings is 2. The van der Waals surface area contributed by atoms with Crippen LogP contribution in [0.5, 0.6) is 0 Å². The van der Waals surface area contributed by atoms with Crippen molar-refractivity contribution in [3.63, 3.8) is 0 Å². The zero-order chi connectivity index (χ0) is 17.7. The van der Waals surface area contributed by atoms with Gasteiger partial charge in [-0.2, -0.15) is 5.10 Å². The molecule has 0 aromatic heterocycles. The molecule has 0 aliphatic carbocycles. The summed E-state index contributed by atoms with van der Waals surface area (Å²) in [7, 11) is 3.84.